The minimum absolute atomic E-state index is 0.216. The molecule has 20 heavy (non-hydrogen) atoms. The van der Waals surface area contributed by atoms with E-state index in [0.29, 0.717) is 11.5 Å². The van der Waals surface area contributed by atoms with Crippen LogP contribution in [-0.4, -0.2) is 15.0 Å². The molecule has 0 aliphatic rings. The third kappa shape index (κ3) is 3.59. The second-order valence-electron chi connectivity index (χ2n) is 4.33. The molecule has 0 bridgehead atoms. The molecule has 4 nitrogen and oxygen atoms in total. The maximum atomic E-state index is 12.1. The molecule has 0 unspecified atom stereocenters. The molecule has 1 N–H and O–H groups in total. The highest BCUT2D eigenvalue weighted by Crippen LogP contribution is 2.21. The quantitative estimate of drug-likeness (QED) is 0.892. The fraction of sp³-hybridized carbons (Fsp3) is 0.286. The lowest BCUT2D eigenvalue weighted by molar-refractivity contribution is 0.336. The van der Waals surface area contributed by atoms with E-state index in [-0.39, 0.29) is 6.54 Å². The van der Waals surface area contributed by atoms with E-state index >= 15 is 0 Å². The van der Waals surface area contributed by atoms with Gasteiger partial charge in [0.25, 0.3) is 0 Å². The zero-order chi connectivity index (χ0) is 14.6. The molecule has 2 rings (SSSR count). The predicted molar refractivity (Wildman–Crippen MR) is 80.7 cm³/mol. The van der Waals surface area contributed by atoms with Crippen molar-refractivity contribution in [2.45, 2.75) is 25.3 Å². The van der Waals surface area contributed by atoms with Crippen LogP contribution in [0.2, 0.25) is 0 Å². The molecule has 0 fully saturated rings. The van der Waals surface area contributed by atoms with E-state index in [9.17, 15) is 8.42 Å². The van der Waals surface area contributed by atoms with Gasteiger partial charge in [0.2, 0.25) is 10.0 Å². The Balaban J connectivity index is 2.15. The summed E-state index contributed by atoms with van der Waals surface area (Å²) in [6.45, 7) is 4.64. The van der Waals surface area contributed by atoms with Gasteiger partial charge in [-0.3, -0.25) is 0 Å². The maximum Gasteiger partial charge on any atom is 0.241 e. The van der Waals surface area contributed by atoms with Crippen molar-refractivity contribution in [3.8, 4) is 5.75 Å². The molecule has 0 saturated heterocycles. The summed E-state index contributed by atoms with van der Waals surface area (Å²) in [6, 6.07) is 7.33. The Morgan fingerprint density at radius 3 is 2.75 bits per heavy atom. The van der Waals surface area contributed by atoms with Crippen LogP contribution in [0.15, 0.2) is 39.9 Å². The third-order valence-electron chi connectivity index (χ3n) is 2.78. The van der Waals surface area contributed by atoms with Crippen LogP contribution in [0.4, 0.5) is 0 Å². The monoisotopic (exact) mass is 311 g/mol. The van der Waals surface area contributed by atoms with Crippen LogP contribution >= 0.6 is 11.3 Å². The van der Waals surface area contributed by atoms with Crippen molar-refractivity contribution in [3.05, 3.63) is 46.2 Å². The lowest BCUT2D eigenvalue weighted by Gasteiger charge is -2.12. The van der Waals surface area contributed by atoms with Gasteiger partial charge in [0, 0.05) is 17.5 Å². The molecule has 6 heteroatoms. The SMILES string of the molecule is CCOc1cc(C)ccc1CNS(=O)(=O)c1ccsc1. The number of nitrogens with one attached hydrogen (secondary N) is 1. The molecule has 0 radical (unpaired) electrons. The molecule has 0 amide bonds. The highest BCUT2D eigenvalue weighted by Gasteiger charge is 2.15. The Labute approximate surface area is 123 Å². The van der Waals surface area contributed by atoms with E-state index in [1.165, 1.54) is 11.3 Å². The van der Waals surface area contributed by atoms with Crippen LogP contribution in [0.1, 0.15) is 18.1 Å². The largest absolute Gasteiger partial charge is 0.494 e. The fourth-order valence-corrected chi connectivity index (χ4v) is 3.79. The van der Waals surface area contributed by atoms with E-state index in [2.05, 4.69) is 4.72 Å². The average Bonchev–Trinajstić information content (AvgIpc) is 2.93. The summed E-state index contributed by atoms with van der Waals surface area (Å²) < 4.78 is 32.3. The predicted octanol–water partition coefficient (Wildman–Crippen LogP) is 2.93. The first kappa shape index (κ1) is 15.0. The molecule has 0 saturated carbocycles. The minimum atomic E-state index is -3.45. The summed E-state index contributed by atoms with van der Waals surface area (Å²) in [5.74, 6) is 0.723. The summed E-state index contributed by atoms with van der Waals surface area (Å²) in [7, 11) is -3.45. The Bertz CT molecular complexity index is 664. The number of ether oxygens (including phenoxy) is 1. The lowest BCUT2D eigenvalue weighted by atomic mass is 10.1. The van der Waals surface area contributed by atoms with Crippen molar-refractivity contribution < 1.29 is 13.2 Å². The van der Waals surface area contributed by atoms with Gasteiger partial charge in [-0.15, -0.1) is 0 Å². The first-order chi connectivity index (χ1) is 9.53. The van der Waals surface area contributed by atoms with E-state index in [0.717, 1.165) is 16.9 Å². The Morgan fingerprint density at radius 2 is 2.10 bits per heavy atom. The minimum Gasteiger partial charge on any atom is -0.494 e. The van der Waals surface area contributed by atoms with E-state index < -0.39 is 10.0 Å². The molecule has 1 heterocycles. The molecule has 1 aromatic heterocycles. The van der Waals surface area contributed by atoms with Crippen molar-refractivity contribution in [3.63, 3.8) is 0 Å². The Kier molecular flexibility index (Phi) is 4.80. The number of rotatable bonds is 6. The van der Waals surface area contributed by atoms with Gasteiger partial charge < -0.3 is 4.74 Å². The van der Waals surface area contributed by atoms with Crippen LogP contribution < -0.4 is 9.46 Å². The smallest absolute Gasteiger partial charge is 0.241 e. The zero-order valence-electron chi connectivity index (χ0n) is 11.4. The summed E-state index contributed by atoms with van der Waals surface area (Å²) in [5.41, 5.74) is 1.91. The van der Waals surface area contributed by atoms with Gasteiger partial charge in [0.05, 0.1) is 11.5 Å². The van der Waals surface area contributed by atoms with Crippen molar-refractivity contribution in [2.75, 3.05) is 6.61 Å². The van der Waals surface area contributed by atoms with E-state index in [1.54, 1.807) is 16.8 Å². The summed E-state index contributed by atoms with van der Waals surface area (Å²) >= 11 is 1.36. The number of aryl methyl sites for hydroxylation is 1. The van der Waals surface area contributed by atoms with E-state index in [4.69, 9.17) is 4.74 Å². The molecular formula is C14H17NO3S2. The number of benzene rings is 1. The third-order valence-corrected chi connectivity index (χ3v) is 5.01. The topological polar surface area (TPSA) is 55.4 Å². The second-order valence-corrected chi connectivity index (χ2v) is 6.87. The maximum absolute atomic E-state index is 12.1. The number of thiophene rings is 1. The number of hydrogen-bond acceptors (Lipinski definition) is 4. The molecule has 108 valence electrons. The first-order valence-electron chi connectivity index (χ1n) is 6.27. The lowest BCUT2D eigenvalue weighted by Crippen LogP contribution is -2.23. The zero-order valence-corrected chi connectivity index (χ0v) is 13.1. The van der Waals surface area contributed by atoms with Crippen LogP contribution in [0.5, 0.6) is 5.75 Å². The van der Waals surface area contributed by atoms with Gasteiger partial charge in [-0.05, 0) is 36.9 Å². The molecular weight excluding hydrogens is 294 g/mol. The first-order valence-corrected chi connectivity index (χ1v) is 8.69. The molecule has 1 aromatic carbocycles. The molecule has 2 aromatic rings. The molecule has 0 aliphatic carbocycles. The Hall–Kier alpha value is -1.37. The van der Waals surface area contributed by atoms with Crippen molar-refractivity contribution in [1.82, 2.24) is 4.72 Å². The number of hydrogen-bond donors (Lipinski definition) is 1. The molecule has 0 spiro atoms. The molecule has 0 aliphatic heterocycles. The summed E-state index contributed by atoms with van der Waals surface area (Å²) in [5, 5.41) is 3.35. The van der Waals surface area contributed by atoms with Crippen molar-refractivity contribution in [1.29, 1.82) is 0 Å². The summed E-state index contributed by atoms with van der Waals surface area (Å²) in [4.78, 5) is 0.299. The van der Waals surface area contributed by atoms with Gasteiger partial charge in [0.1, 0.15) is 5.75 Å². The Morgan fingerprint density at radius 1 is 1.30 bits per heavy atom. The van der Waals surface area contributed by atoms with Gasteiger partial charge in [0.15, 0.2) is 0 Å². The fourth-order valence-electron chi connectivity index (χ4n) is 1.76. The van der Waals surface area contributed by atoms with Crippen LogP contribution in [0.25, 0.3) is 0 Å². The van der Waals surface area contributed by atoms with Gasteiger partial charge in [-0.1, -0.05) is 12.1 Å². The second kappa shape index (κ2) is 6.39. The van der Waals surface area contributed by atoms with Gasteiger partial charge in [-0.25, -0.2) is 13.1 Å². The van der Waals surface area contributed by atoms with Crippen molar-refractivity contribution in [2.24, 2.45) is 0 Å². The molecule has 0 atom stereocenters. The van der Waals surface area contributed by atoms with E-state index in [1.807, 2.05) is 32.0 Å². The van der Waals surface area contributed by atoms with Gasteiger partial charge >= 0.3 is 0 Å². The van der Waals surface area contributed by atoms with Crippen LogP contribution in [-0.2, 0) is 16.6 Å². The number of sulfonamides is 1. The summed E-state index contributed by atoms with van der Waals surface area (Å²) in [6.07, 6.45) is 0. The average molecular weight is 311 g/mol. The normalized spacial score (nSPS) is 11.5. The standard InChI is InChI=1S/C14H17NO3S2/c1-3-18-14-8-11(2)4-5-12(14)9-15-20(16,17)13-6-7-19-10-13/h4-8,10,15H,3,9H2,1-2H3. The van der Waals surface area contributed by atoms with Crippen LogP contribution in [0.3, 0.4) is 0 Å². The highest BCUT2D eigenvalue weighted by atomic mass is 32.2. The van der Waals surface area contributed by atoms with Gasteiger partial charge in [-0.2, -0.15) is 11.3 Å². The van der Waals surface area contributed by atoms with Crippen molar-refractivity contribution >= 4 is 21.4 Å². The highest BCUT2D eigenvalue weighted by molar-refractivity contribution is 7.89. The van der Waals surface area contributed by atoms with Crippen LogP contribution in [0, 0.1) is 6.92 Å².